The first-order chi connectivity index (χ1) is 8.94. The normalized spacial score (nSPS) is 17.0. The van der Waals surface area contributed by atoms with Gasteiger partial charge in [-0.3, -0.25) is 0 Å². The maximum atomic E-state index is 13.7. The van der Waals surface area contributed by atoms with Crippen LogP contribution in [0.25, 0.3) is 0 Å². The van der Waals surface area contributed by atoms with Crippen LogP contribution < -0.4 is 10.5 Å². The topological polar surface area (TPSA) is 72.2 Å². The van der Waals surface area contributed by atoms with Crippen molar-refractivity contribution in [1.29, 1.82) is 0 Å². The monoisotopic (exact) mass is 286 g/mol. The van der Waals surface area contributed by atoms with Gasteiger partial charge in [0.15, 0.2) is 0 Å². The number of aryl methyl sites for hydroxylation is 1. The van der Waals surface area contributed by atoms with Crippen LogP contribution >= 0.6 is 0 Å². The van der Waals surface area contributed by atoms with Crippen LogP contribution in [0.4, 0.5) is 4.39 Å². The Bertz CT molecular complexity index is 566. The molecular weight excluding hydrogens is 267 g/mol. The largest absolute Gasteiger partial charge is 0.326 e. The maximum Gasteiger partial charge on any atom is 0.240 e. The van der Waals surface area contributed by atoms with Crippen LogP contribution in [-0.2, 0) is 16.6 Å². The quantitative estimate of drug-likeness (QED) is 0.886. The molecule has 3 N–H and O–H groups in total. The SMILES string of the molecule is Cc1cc(S(=O)(=O)NC2CCCC2)cc(CN)c1F. The molecule has 0 aromatic heterocycles. The summed E-state index contributed by atoms with van der Waals surface area (Å²) in [5, 5.41) is 0. The number of sulfonamides is 1. The molecule has 0 heterocycles. The zero-order valence-electron chi connectivity index (χ0n) is 10.9. The number of nitrogens with two attached hydrogens (primary N) is 1. The van der Waals surface area contributed by atoms with E-state index in [-0.39, 0.29) is 23.0 Å². The van der Waals surface area contributed by atoms with Gasteiger partial charge in [0.2, 0.25) is 10.0 Å². The van der Waals surface area contributed by atoms with Crippen molar-refractivity contribution in [1.82, 2.24) is 4.72 Å². The van der Waals surface area contributed by atoms with Crippen molar-refractivity contribution < 1.29 is 12.8 Å². The number of hydrogen-bond acceptors (Lipinski definition) is 3. The Kier molecular flexibility index (Phi) is 4.23. The van der Waals surface area contributed by atoms with Crippen molar-refractivity contribution in [3.05, 3.63) is 29.1 Å². The highest BCUT2D eigenvalue weighted by Gasteiger charge is 2.24. The molecule has 0 spiro atoms. The van der Waals surface area contributed by atoms with Crippen molar-refractivity contribution in [3.8, 4) is 0 Å². The van der Waals surface area contributed by atoms with Crippen LogP contribution in [0.3, 0.4) is 0 Å². The van der Waals surface area contributed by atoms with Crippen LogP contribution in [0.1, 0.15) is 36.8 Å². The smallest absolute Gasteiger partial charge is 0.240 e. The van der Waals surface area contributed by atoms with Crippen LogP contribution in [0.15, 0.2) is 17.0 Å². The molecule has 4 nitrogen and oxygen atoms in total. The fourth-order valence-corrected chi connectivity index (χ4v) is 3.88. The van der Waals surface area contributed by atoms with Crippen molar-refractivity contribution in [2.75, 3.05) is 0 Å². The van der Waals surface area contributed by atoms with Gasteiger partial charge in [-0.05, 0) is 37.5 Å². The highest BCUT2D eigenvalue weighted by Crippen LogP contribution is 2.23. The Morgan fingerprint density at radius 3 is 2.58 bits per heavy atom. The zero-order chi connectivity index (χ0) is 14.0. The molecule has 0 saturated heterocycles. The number of nitrogens with one attached hydrogen (secondary N) is 1. The lowest BCUT2D eigenvalue weighted by Crippen LogP contribution is -2.32. The Morgan fingerprint density at radius 1 is 1.37 bits per heavy atom. The lowest BCUT2D eigenvalue weighted by molar-refractivity contribution is 0.550. The molecule has 1 aliphatic rings. The van der Waals surface area contributed by atoms with E-state index in [9.17, 15) is 12.8 Å². The van der Waals surface area contributed by atoms with Gasteiger partial charge in [0.25, 0.3) is 0 Å². The fraction of sp³-hybridized carbons (Fsp3) is 0.538. The second kappa shape index (κ2) is 5.56. The minimum Gasteiger partial charge on any atom is -0.326 e. The first-order valence-corrected chi connectivity index (χ1v) is 7.94. The molecule has 0 atom stereocenters. The minimum atomic E-state index is -3.59. The second-order valence-electron chi connectivity index (χ2n) is 5.02. The molecule has 1 aromatic carbocycles. The molecule has 1 aliphatic carbocycles. The van der Waals surface area contributed by atoms with Crippen molar-refractivity contribution in [3.63, 3.8) is 0 Å². The van der Waals surface area contributed by atoms with E-state index in [2.05, 4.69) is 4.72 Å². The summed E-state index contributed by atoms with van der Waals surface area (Å²) in [6.07, 6.45) is 3.82. The van der Waals surface area contributed by atoms with Gasteiger partial charge in [-0.2, -0.15) is 0 Å². The van der Waals surface area contributed by atoms with E-state index in [0.29, 0.717) is 5.56 Å². The molecule has 6 heteroatoms. The lowest BCUT2D eigenvalue weighted by atomic mass is 10.1. The molecule has 1 saturated carbocycles. The zero-order valence-corrected chi connectivity index (χ0v) is 11.8. The average molecular weight is 286 g/mol. The highest BCUT2D eigenvalue weighted by atomic mass is 32.2. The van der Waals surface area contributed by atoms with Crippen LogP contribution in [0, 0.1) is 12.7 Å². The van der Waals surface area contributed by atoms with E-state index in [1.807, 2.05) is 0 Å². The first-order valence-electron chi connectivity index (χ1n) is 6.45. The standard InChI is InChI=1S/C13H19FN2O2S/c1-9-6-12(7-10(8-15)13(9)14)19(17,18)16-11-4-2-3-5-11/h6-7,11,16H,2-5,8,15H2,1H3. The van der Waals surface area contributed by atoms with E-state index in [4.69, 9.17) is 5.73 Å². The molecule has 106 valence electrons. The molecule has 0 aliphatic heterocycles. The summed E-state index contributed by atoms with van der Waals surface area (Å²) in [5.41, 5.74) is 5.97. The predicted octanol–water partition coefficient (Wildman–Crippen LogP) is 1.81. The first kappa shape index (κ1) is 14.4. The van der Waals surface area contributed by atoms with Crippen LogP contribution in [0.5, 0.6) is 0 Å². The average Bonchev–Trinajstić information content (AvgIpc) is 2.84. The van der Waals surface area contributed by atoms with Gasteiger partial charge >= 0.3 is 0 Å². The summed E-state index contributed by atoms with van der Waals surface area (Å²) in [6.45, 7) is 1.53. The molecule has 2 rings (SSSR count). The van der Waals surface area contributed by atoms with Gasteiger partial charge in [0.1, 0.15) is 5.82 Å². The third-order valence-corrected chi connectivity index (χ3v) is 5.01. The molecule has 0 unspecified atom stereocenters. The predicted molar refractivity (Wildman–Crippen MR) is 71.6 cm³/mol. The third-order valence-electron chi connectivity index (χ3n) is 3.51. The highest BCUT2D eigenvalue weighted by molar-refractivity contribution is 7.89. The van der Waals surface area contributed by atoms with Gasteiger partial charge in [0.05, 0.1) is 4.90 Å². The second-order valence-corrected chi connectivity index (χ2v) is 6.73. The summed E-state index contributed by atoms with van der Waals surface area (Å²) in [6, 6.07) is 2.67. The number of benzene rings is 1. The van der Waals surface area contributed by atoms with Crippen molar-refractivity contribution in [2.24, 2.45) is 5.73 Å². The Labute approximate surface area is 113 Å². The van der Waals surface area contributed by atoms with E-state index >= 15 is 0 Å². The molecule has 1 aromatic rings. The summed E-state index contributed by atoms with van der Waals surface area (Å²) in [4.78, 5) is 0.0961. The molecule has 1 fully saturated rings. The van der Waals surface area contributed by atoms with Gasteiger partial charge in [0, 0.05) is 18.2 Å². The number of rotatable bonds is 4. The summed E-state index contributed by atoms with van der Waals surface area (Å²) < 4.78 is 40.8. The van der Waals surface area contributed by atoms with E-state index < -0.39 is 15.8 Å². The van der Waals surface area contributed by atoms with Crippen LogP contribution in [0.2, 0.25) is 0 Å². The van der Waals surface area contributed by atoms with E-state index in [1.54, 1.807) is 6.92 Å². The van der Waals surface area contributed by atoms with E-state index in [0.717, 1.165) is 25.7 Å². The molecule has 0 radical (unpaired) electrons. The summed E-state index contributed by atoms with van der Waals surface area (Å²) in [7, 11) is -3.59. The Morgan fingerprint density at radius 2 is 2.00 bits per heavy atom. The van der Waals surface area contributed by atoms with Gasteiger partial charge in [-0.15, -0.1) is 0 Å². The third kappa shape index (κ3) is 3.13. The molecule has 19 heavy (non-hydrogen) atoms. The van der Waals surface area contributed by atoms with Gasteiger partial charge < -0.3 is 5.73 Å². The summed E-state index contributed by atoms with van der Waals surface area (Å²) >= 11 is 0. The van der Waals surface area contributed by atoms with Crippen molar-refractivity contribution >= 4 is 10.0 Å². The molecule has 0 amide bonds. The van der Waals surface area contributed by atoms with Crippen LogP contribution in [-0.4, -0.2) is 14.5 Å². The van der Waals surface area contributed by atoms with Gasteiger partial charge in [-0.1, -0.05) is 12.8 Å². The summed E-state index contributed by atoms with van der Waals surface area (Å²) in [5.74, 6) is -0.428. The van der Waals surface area contributed by atoms with Gasteiger partial charge in [-0.25, -0.2) is 17.5 Å². The van der Waals surface area contributed by atoms with Crippen molar-refractivity contribution in [2.45, 2.75) is 50.1 Å². The molecular formula is C13H19FN2O2S. The molecule has 0 bridgehead atoms. The maximum absolute atomic E-state index is 13.7. The number of hydrogen-bond donors (Lipinski definition) is 2. The number of halogens is 1. The fourth-order valence-electron chi connectivity index (χ4n) is 2.44. The Hall–Kier alpha value is -0.980. The van der Waals surface area contributed by atoms with E-state index in [1.165, 1.54) is 12.1 Å². The Balaban J connectivity index is 2.31. The lowest BCUT2D eigenvalue weighted by Gasteiger charge is -2.14. The minimum absolute atomic E-state index is 0.00307.